The Bertz CT molecular complexity index is 3020. The van der Waals surface area contributed by atoms with Gasteiger partial charge in [0, 0.05) is 36.6 Å². The van der Waals surface area contributed by atoms with Crippen LogP contribution >= 0.6 is 0 Å². The van der Waals surface area contributed by atoms with Crippen LogP contribution in [0.4, 0.5) is 9.59 Å². The predicted molar refractivity (Wildman–Crippen MR) is 248 cm³/mol. The maximum absolute atomic E-state index is 14.5. The van der Waals surface area contributed by atoms with Crippen molar-refractivity contribution in [3.05, 3.63) is 108 Å². The van der Waals surface area contributed by atoms with Crippen LogP contribution in [0, 0.1) is 11.8 Å². The average Bonchev–Trinajstić information content (AvgIpc) is 4.23. The Morgan fingerprint density at radius 1 is 0.712 bits per heavy atom. The fourth-order valence-electron chi connectivity index (χ4n) is 11.3. The number of hydrogen-bond acceptors (Lipinski definition) is 9. The predicted octanol–water partition coefficient (Wildman–Crippen LogP) is 8.38. The van der Waals surface area contributed by atoms with Crippen LogP contribution in [0.2, 0.25) is 0 Å². The van der Waals surface area contributed by atoms with Gasteiger partial charge >= 0.3 is 12.2 Å². The normalized spacial score (nSPS) is 21.7. The molecule has 5 heterocycles. The van der Waals surface area contributed by atoms with Crippen LogP contribution in [0.1, 0.15) is 80.3 Å². The molecule has 6 atom stereocenters. The Kier molecular flexibility index (Phi) is 10.8. The number of rotatable bonds is 9. The van der Waals surface area contributed by atoms with E-state index in [-0.39, 0.29) is 41.8 Å². The number of nitrogens with zero attached hydrogens (tertiary/aromatic N) is 4. The number of carbonyl (C=O) groups is 4. The molecule has 7 aromatic rings. The molecule has 11 rings (SSSR count). The lowest BCUT2D eigenvalue weighted by molar-refractivity contribution is -0.140. The zero-order chi connectivity index (χ0) is 45.1. The van der Waals surface area contributed by atoms with Crippen LogP contribution in [0.25, 0.3) is 54.7 Å². The summed E-state index contributed by atoms with van der Waals surface area (Å²) in [7, 11) is 2.62. The fraction of sp³-hybridized carbons (Fsp3) is 0.373. The second-order valence-corrected chi connectivity index (χ2v) is 18.2. The highest BCUT2D eigenvalue weighted by atomic mass is 16.5. The third kappa shape index (κ3) is 7.35. The number of amides is 4. The lowest BCUT2D eigenvalue weighted by Gasteiger charge is -2.39. The van der Waals surface area contributed by atoms with Gasteiger partial charge in [-0.15, -0.1) is 0 Å². The quantitative estimate of drug-likeness (QED) is 0.111. The first-order valence-electron chi connectivity index (χ1n) is 23.1. The van der Waals surface area contributed by atoms with Gasteiger partial charge in [0.1, 0.15) is 23.7 Å². The van der Waals surface area contributed by atoms with E-state index >= 15 is 0 Å². The van der Waals surface area contributed by atoms with E-state index in [1.165, 1.54) is 14.2 Å². The Hall–Kier alpha value is -7.00. The number of methoxy groups -OCH3 is 2. The van der Waals surface area contributed by atoms with E-state index in [9.17, 15) is 19.2 Å². The summed E-state index contributed by atoms with van der Waals surface area (Å²) in [5.41, 5.74) is 6.34. The van der Waals surface area contributed by atoms with Crippen molar-refractivity contribution in [2.75, 3.05) is 34.0 Å². The van der Waals surface area contributed by atoms with Crippen LogP contribution in [0.5, 0.6) is 0 Å². The second kappa shape index (κ2) is 17.1. The molecule has 4 amide bonds. The third-order valence-electron chi connectivity index (χ3n) is 14.6. The smallest absolute Gasteiger partial charge is 0.407 e. The third-order valence-corrected chi connectivity index (χ3v) is 14.6. The van der Waals surface area contributed by atoms with Gasteiger partial charge in [-0.2, -0.15) is 0 Å². The summed E-state index contributed by atoms with van der Waals surface area (Å²) in [6.45, 7) is 1.67. The number of imidazole rings is 2. The monoisotopic (exact) mass is 888 g/mol. The van der Waals surface area contributed by atoms with Gasteiger partial charge in [-0.3, -0.25) is 9.59 Å². The van der Waals surface area contributed by atoms with Crippen LogP contribution in [0.15, 0.2) is 91.0 Å². The summed E-state index contributed by atoms with van der Waals surface area (Å²) in [4.78, 5) is 74.8. The number of carbonyl (C=O) groups excluding carboxylic acids is 4. The number of nitrogens with one attached hydrogen (secondary N) is 4. The first-order valence-corrected chi connectivity index (χ1v) is 23.1. The molecule has 4 N–H and O–H groups in total. The van der Waals surface area contributed by atoms with Gasteiger partial charge in [-0.25, -0.2) is 19.6 Å². The van der Waals surface area contributed by atoms with E-state index in [1.807, 2.05) is 52.3 Å². The number of likely N-dealkylation sites (tertiary alicyclic amines) is 2. The molecule has 15 heteroatoms. The zero-order valence-electron chi connectivity index (χ0n) is 36.9. The Balaban J connectivity index is 0.861. The largest absolute Gasteiger partial charge is 0.453 e. The first kappa shape index (κ1) is 41.7. The molecular weight excluding hydrogens is 837 g/mol. The molecule has 0 radical (unpaired) electrons. The molecule has 1 unspecified atom stereocenters. The number of piperidine rings is 1. The van der Waals surface area contributed by atoms with Crippen LogP contribution in [-0.2, 0) is 23.8 Å². The summed E-state index contributed by atoms with van der Waals surface area (Å²) in [6.07, 6.45) is 4.56. The minimum atomic E-state index is -0.893. The molecule has 3 saturated heterocycles. The molecule has 4 aliphatic rings. The number of fused-ring (bicyclic) bond motifs is 8. The van der Waals surface area contributed by atoms with Crippen LogP contribution < -0.4 is 10.6 Å². The first-order chi connectivity index (χ1) is 32.3. The number of aromatic nitrogens is 4. The highest BCUT2D eigenvalue weighted by Gasteiger charge is 2.52. The van der Waals surface area contributed by atoms with Crippen molar-refractivity contribution < 1.29 is 33.4 Å². The van der Waals surface area contributed by atoms with Crippen LogP contribution in [0.3, 0.4) is 0 Å². The van der Waals surface area contributed by atoms with E-state index in [2.05, 4.69) is 69.1 Å². The molecule has 4 fully saturated rings. The zero-order valence-corrected chi connectivity index (χ0v) is 36.9. The Labute approximate surface area is 380 Å². The molecule has 1 aliphatic carbocycles. The van der Waals surface area contributed by atoms with E-state index in [4.69, 9.17) is 24.2 Å². The SMILES string of the molecule is COC(=O)NC(C(=O)N1[C@@H]2CC[C@@H](C2)[C@H]1c1nc2ccc3cc(-c4ccc5c(ccc6nc([C@@H]7CCCN7C(=O)[C@H](NC(=O)OC)c7ccccc7)[nH]c65)c4)ccc3c2[nH]1)C1CCOCC1. The van der Waals surface area contributed by atoms with E-state index < -0.39 is 24.3 Å². The van der Waals surface area contributed by atoms with Gasteiger partial charge in [0.05, 0.1) is 48.4 Å². The molecular formula is C51H52N8O7. The lowest BCUT2D eigenvalue weighted by atomic mass is 9.89. The topological polar surface area (TPSA) is 184 Å². The number of ether oxygens (including phenoxy) is 3. The maximum atomic E-state index is 14.5. The van der Waals surface area contributed by atoms with Crippen molar-refractivity contribution in [1.82, 2.24) is 40.4 Å². The Morgan fingerprint density at radius 3 is 2.02 bits per heavy atom. The number of alkyl carbamates (subject to hydrolysis) is 2. The molecule has 2 bridgehead atoms. The summed E-state index contributed by atoms with van der Waals surface area (Å²) in [6, 6.07) is 28.5. The molecule has 66 heavy (non-hydrogen) atoms. The number of H-pyrrole nitrogens is 2. The van der Waals surface area contributed by atoms with E-state index in [0.29, 0.717) is 38.2 Å². The van der Waals surface area contributed by atoms with Crippen molar-refractivity contribution in [1.29, 1.82) is 0 Å². The lowest BCUT2D eigenvalue weighted by Crippen LogP contribution is -2.55. The van der Waals surface area contributed by atoms with Crippen LogP contribution in [-0.4, -0.2) is 99.8 Å². The molecule has 1 saturated carbocycles. The summed E-state index contributed by atoms with van der Waals surface area (Å²) >= 11 is 0. The fourth-order valence-corrected chi connectivity index (χ4v) is 11.3. The van der Waals surface area contributed by atoms with Gasteiger partial charge in [0.25, 0.3) is 5.91 Å². The molecule has 0 spiro atoms. The molecule has 2 aromatic heterocycles. The highest BCUT2D eigenvalue weighted by Crippen LogP contribution is 2.51. The van der Waals surface area contributed by atoms with Crippen molar-refractivity contribution in [2.24, 2.45) is 11.8 Å². The molecule has 338 valence electrons. The van der Waals surface area contributed by atoms with Gasteiger partial charge in [0.15, 0.2) is 0 Å². The van der Waals surface area contributed by atoms with Gasteiger partial charge < -0.3 is 44.6 Å². The molecule has 3 aliphatic heterocycles. The minimum absolute atomic E-state index is 0.0355. The van der Waals surface area contributed by atoms with Gasteiger partial charge in [0.2, 0.25) is 5.91 Å². The van der Waals surface area contributed by atoms with Crippen molar-refractivity contribution in [2.45, 2.75) is 75.2 Å². The van der Waals surface area contributed by atoms with Crippen molar-refractivity contribution >= 4 is 67.6 Å². The summed E-state index contributed by atoms with van der Waals surface area (Å²) in [5.74, 6) is 1.47. The van der Waals surface area contributed by atoms with Gasteiger partial charge in [-0.1, -0.05) is 66.7 Å². The maximum Gasteiger partial charge on any atom is 0.407 e. The van der Waals surface area contributed by atoms with Gasteiger partial charge in [-0.05, 0) is 109 Å². The number of benzene rings is 5. The summed E-state index contributed by atoms with van der Waals surface area (Å²) < 4.78 is 15.4. The van der Waals surface area contributed by atoms with Crippen molar-refractivity contribution in [3.8, 4) is 11.1 Å². The Morgan fingerprint density at radius 2 is 1.35 bits per heavy atom. The van der Waals surface area contributed by atoms with E-state index in [0.717, 1.165) is 98.5 Å². The second-order valence-electron chi connectivity index (χ2n) is 18.2. The average molecular weight is 889 g/mol. The number of hydrogen-bond donors (Lipinski definition) is 4. The number of aromatic amines is 2. The molecule has 15 nitrogen and oxygen atoms in total. The highest BCUT2D eigenvalue weighted by molar-refractivity contribution is 6.07. The van der Waals surface area contributed by atoms with E-state index in [1.54, 1.807) is 0 Å². The standard InChI is InChI=1S/C51H52N8O7/c1-64-50(62)56-41(28-7-4-3-5-8-28)48(60)58-22-6-9-40(58)46-52-38-18-13-32-25-30(11-16-36(32)43(38)54-46)31-12-17-37-33(26-31)14-19-39-44(37)55-47(53-39)45-34-10-15-35(27-34)59(45)49(61)42(57-51(63)65-2)29-20-23-66-24-21-29/h3-5,7-8,11-14,16-19,25-26,29,34-35,40-42,45H,6,9-10,15,20-24,27H2,1-2H3,(H,52,54)(H,53,55)(H,56,62)(H,57,63)/t34-,35+,40-,41+,42?,45-/m0/s1. The minimum Gasteiger partial charge on any atom is -0.453 e. The molecule has 5 aromatic carbocycles. The summed E-state index contributed by atoms with van der Waals surface area (Å²) in [5, 5.41) is 9.84. The van der Waals surface area contributed by atoms with Crippen molar-refractivity contribution in [3.63, 3.8) is 0 Å².